The minimum atomic E-state index is -0.299. The smallest absolute Gasteiger partial charge is 0.314 e. The number of carbonyl (C=O) groups excluding carboxylic acids is 2. The van der Waals surface area contributed by atoms with E-state index in [4.69, 9.17) is 9.15 Å². The summed E-state index contributed by atoms with van der Waals surface area (Å²) < 4.78 is 9.78. The van der Waals surface area contributed by atoms with Crippen LogP contribution >= 0.6 is 0 Å². The van der Waals surface area contributed by atoms with Crippen molar-refractivity contribution >= 4 is 11.9 Å². The minimum absolute atomic E-state index is 0.254. The van der Waals surface area contributed by atoms with E-state index in [1.54, 1.807) is 19.2 Å². The van der Waals surface area contributed by atoms with Crippen LogP contribution in [0.5, 0.6) is 0 Å². The molecule has 0 unspecified atom stereocenters. The van der Waals surface area contributed by atoms with Gasteiger partial charge < -0.3 is 25.1 Å². The highest BCUT2D eigenvalue weighted by Crippen LogP contribution is 1.98. The molecule has 19 heavy (non-hydrogen) atoms. The quantitative estimate of drug-likeness (QED) is 0.593. The molecule has 1 aromatic heterocycles. The molecule has 0 bridgehead atoms. The lowest BCUT2D eigenvalue weighted by Crippen LogP contribution is -2.40. The van der Waals surface area contributed by atoms with Crippen LogP contribution in [0.1, 0.15) is 17.0 Å². The number of ether oxygens (including phenoxy) is 1. The van der Waals surface area contributed by atoms with Gasteiger partial charge in [0.05, 0.1) is 6.26 Å². The van der Waals surface area contributed by atoms with Crippen LogP contribution < -0.4 is 16.0 Å². The normalized spacial score (nSPS) is 9.95. The number of rotatable bonds is 8. The molecule has 0 aliphatic rings. The maximum atomic E-state index is 11.4. The van der Waals surface area contributed by atoms with Crippen LogP contribution in [0, 0.1) is 0 Å². The van der Waals surface area contributed by atoms with Crippen LogP contribution in [0.3, 0.4) is 0 Å². The molecule has 1 rings (SSSR count). The minimum Gasteiger partial charge on any atom is -0.459 e. The van der Waals surface area contributed by atoms with E-state index in [1.807, 2.05) is 0 Å². The Balaban J connectivity index is 2.01. The molecule has 1 heterocycles. The number of amides is 3. The van der Waals surface area contributed by atoms with E-state index in [0.29, 0.717) is 26.2 Å². The Morgan fingerprint density at radius 1 is 1.21 bits per heavy atom. The summed E-state index contributed by atoms with van der Waals surface area (Å²) in [6.07, 6.45) is 2.19. The van der Waals surface area contributed by atoms with Gasteiger partial charge in [0.2, 0.25) is 0 Å². The summed E-state index contributed by atoms with van der Waals surface area (Å²) in [4.78, 5) is 22.7. The van der Waals surface area contributed by atoms with E-state index in [9.17, 15) is 9.59 Å². The summed E-state index contributed by atoms with van der Waals surface area (Å²) in [6, 6.07) is 2.95. The molecule has 0 aliphatic heterocycles. The number of hydrogen-bond acceptors (Lipinski definition) is 4. The van der Waals surface area contributed by atoms with E-state index in [-0.39, 0.29) is 17.7 Å². The van der Waals surface area contributed by atoms with E-state index >= 15 is 0 Å². The number of carbonyl (C=O) groups is 2. The summed E-state index contributed by atoms with van der Waals surface area (Å²) in [7, 11) is 1.61. The fraction of sp³-hybridized carbons (Fsp3) is 0.500. The lowest BCUT2D eigenvalue weighted by molar-refractivity contribution is 0.0926. The molecule has 7 heteroatoms. The van der Waals surface area contributed by atoms with Crippen LogP contribution in [-0.2, 0) is 4.74 Å². The zero-order valence-corrected chi connectivity index (χ0v) is 10.9. The van der Waals surface area contributed by atoms with Crippen molar-refractivity contribution in [2.45, 2.75) is 6.42 Å². The molecule has 7 nitrogen and oxygen atoms in total. The predicted molar refractivity (Wildman–Crippen MR) is 68.9 cm³/mol. The second-order valence-corrected chi connectivity index (χ2v) is 3.76. The molecule has 106 valence electrons. The van der Waals surface area contributed by atoms with Crippen molar-refractivity contribution < 1.29 is 18.7 Å². The van der Waals surface area contributed by atoms with Crippen molar-refractivity contribution in [3.8, 4) is 0 Å². The first-order valence-corrected chi connectivity index (χ1v) is 6.06. The molecule has 0 atom stereocenters. The molecule has 0 radical (unpaired) electrons. The van der Waals surface area contributed by atoms with Crippen LogP contribution in [0.25, 0.3) is 0 Å². The Labute approximate surface area is 111 Å². The van der Waals surface area contributed by atoms with Gasteiger partial charge >= 0.3 is 6.03 Å². The molecular formula is C12H19N3O4. The zero-order chi connectivity index (χ0) is 13.9. The third-order valence-electron chi connectivity index (χ3n) is 2.25. The van der Waals surface area contributed by atoms with Gasteiger partial charge in [-0.25, -0.2) is 4.79 Å². The molecule has 0 aromatic carbocycles. The van der Waals surface area contributed by atoms with Gasteiger partial charge in [0, 0.05) is 33.4 Å². The number of methoxy groups -OCH3 is 1. The Morgan fingerprint density at radius 2 is 1.95 bits per heavy atom. The fourth-order valence-corrected chi connectivity index (χ4v) is 1.33. The Morgan fingerprint density at radius 3 is 2.63 bits per heavy atom. The number of urea groups is 1. The molecular weight excluding hydrogens is 250 g/mol. The van der Waals surface area contributed by atoms with Gasteiger partial charge in [-0.2, -0.15) is 0 Å². The molecule has 0 aliphatic carbocycles. The molecule has 0 saturated heterocycles. The van der Waals surface area contributed by atoms with E-state index in [1.165, 1.54) is 6.26 Å². The lowest BCUT2D eigenvalue weighted by atomic mass is 10.4. The highest BCUT2D eigenvalue weighted by molar-refractivity contribution is 5.91. The second kappa shape index (κ2) is 8.98. The molecule has 3 N–H and O–H groups in total. The first kappa shape index (κ1) is 15.0. The summed E-state index contributed by atoms with van der Waals surface area (Å²) in [6.45, 7) is 1.85. The third kappa shape index (κ3) is 6.46. The topological polar surface area (TPSA) is 92.6 Å². The van der Waals surface area contributed by atoms with E-state index in [2.05, 4.69) is 16.0 Å². The largest absolute Gasteiger partial charge is 0.459 e. The number of nitrogens with one attached hydrogen (secondary N) is 3. The van der Waals surface area contributed by atoms with Crippen molar-refractivity contribution in [2.24, 2.45) is 0 Å². The van der Waals surface area contributed by atoms with Crippen molar-refractivity contribution in [1.29, 1.82) is 0 Å². The Kier molecular flexibility index (Phi) is 7.11. The average molecular weight is 269 g/mol. The summed E-state index contributed by atoms with van der Waals surface area (Å²) in [5.41, 5.74) is 0. The van der Waals surface area contributed by atoms with Crippen molar-refractivity contribution in [3.63, 3.8) is 0 Å². The zero-order valence-electron chi connectivity index (χ0n) is 10.9. The lowest BCUT2D eigenvalue weighted by Gasteiger charge is -2.07. The van der Waals surface area contributed by atoms with E-state index in [0.717, 1.165) is 6.42 Å². The van der Waals surface area contributed by atoms with Gasteiger partial charge in [-0.3, -0.25) is 4.79 Å². The first-order chi connectivity index (χ1) is 9.24. The average Bonchev–Trinajstić information content (AvgIpc) is 2.93. The molecule has 0 saturated carbocycles. The number of hydrogen-bond donors (Lipinski definition) is 3. The van der Waals surface area contributed by atoms with Crippen molar-refractivity contribution in [2.75, 3.05) is 33.4 Å². The van der Waals surface area contributed by atoms with Crippen molar-refractivity contribution in [3.05, 3.63) is 24.2 Å². The van der Waals surface area contributed by atoms with Crippen LogP contribution in [0.15, 0.2) is 22.8 Å². The maximum absolute atomic E-state index is 11.4. The van der Waals surface area contributed by atoms with Gasteiger partial charge in [0.25, 0.3) is 5.91 Å². The van der Waals surface area contributed by atoms with Gasteiger partial charge in [0.15, 0.2) is 5.76 Å². The van der Waals surface area contributed by atoms with E-state index < -0.39 is 0 Å². The van der Waals surface area contributed by atoms with Gasteiger partial charge in [-0.05, 0) is 18.6 Å². The molecule has 0 fully saturated rings. The Bertz CT molecular complexity index is 378. The van der Waals surface area contributed by atoms with Gasteiger partial charge in [0.1, 0.15) is 0 Å². The van der Waals surface area contributed by atoms with Crippen molar-refractivity contribution in [1.82, 2.24) is 16.0 Å². The molecule has 1 aromatic rings. The standard InChI is InChI=1S/C12H19N3O4/c1-18-8-3-5-14-12(17)15-7-6-13-11(16)10-4-2-9-19-10/h2,4,9H,3,5-8H2,1H3,(H,13,16)(H2,14,15,17). The highest BCUT2D eigenvalue weighted by Gasteiger charge is 2.06. The maximum Gasteiger partial charge on any atom is 0.314 e. The SMILES string of the molecule is COCCCNC(=O)NCCNC(=O)c1ccco1. The molecule has 0 spiro atoms. The first-order valence-electron chi connectivity index (χ1n) is 6.06. The van der Waals surface area contributed by atoms with Gasteiger partial charge in [-0.1, -0.05) is 0 Å². The van der Waals surface area contributed by atoms with Crippen LogP contribution in [0.2, 0.25) is 0 Å². The van der Waals surface area contributed by atoms with Crippen LogP contribution in [0.4, 0.5) is 4.79 Å². The summed E-state index contributed by atoms with van der Waals surface area (Å²) in [5, 5.41) is 7.92. The predicted octanol–water partition coefficient (Wildman–Crippen LogP) is 0.345. The Hall–Kier alpha value is -2.02. The highest BCUT2D eigenvalue weighted by atomic mass is 16.5. The monoisotopic (exact) mass is 269 g/mol. The second-order valence-electron chi connectivity index (χ2n) is 3.76. The summed E-state index contributed by atoms with van der Waals surface area (Å²) >= 11 is 0. The number of furan rings is 1. The van der Waals surface area contributed by atoms with Gasteiger partial charge in [-0.15, -0.1) is 0 Å². The summed E-state index contributed by atoms with van der Waals surface area (Å²) in [5.74, 6) is -0.0451. The molecule has 3 amide bonds. The fourth-order valence-electron chi connectivity index (χ4n) is 1.33. The third-order valence-corrected chi connectivity index (χ3v) is 2.25. The van der Waals surface area contributed by atoms with Crippen LogP contribution in [-0.4, -0.2) is 45.3 Å².